The molecule has 2 aliphatic heterocycles. The number of para-hydroxylation sites is 2. The molecule has 0 spiro atoms. The molecule has 2 N–H and O–H groups in total. The molecular formula is C44H31N5. The van der Waals surface area contributed by atoms with Crippen molar-refractivity contribution in [2.75, 3.05) is 4.90 Å². The van der Waals surface area contributed by atoms with Crippen LogP contribution in [0.1, 0.15) is 22.8 Å². The number of hydrogen-bond donors (Lipinski definition) is 2. The number of rotatable bonds is 5. The number of benzene rings is 4. The van der Waals surface area contributed by atoms with E-state index in [0.29, 0.717) is 0 Å². The zero-order chi connectivity index (χ0) is 32.6. The molecular weight excluding hydrogens is 599 g/mol. The molecule has 232 valence electrons. The summed E-state index contributed by atoms with van der Waals surface area (Å²) in [5, 5.41) is 0. The summed E-state index contributed by atoms with van der Waals surface area (Å²) in [5.41, 5.74) is 14.6. The molecule has 7 aromatic rings. The van der Waals surface area contributed by atoms with Crippen LogP contribution in [-0.2, 0) is 0 Å². The minimum absolute atomic E-state index is 0.828. The molecule has 2 aliphatic rings. The number of H-pyrrole nitrogens is 2. The maximum absolute atomic E-state index is 5.41. The lowest BCUT2D eigenvalue weighted by molar-refractivity contribution is 1.19. The maximum atomic E-state index is 5.41. The van der Waals surface area contributed by atoms with E-state index >= 15 is 0 Å². The molecule has 4 aromatic carbocycles. The molecule has 0 saturated heterocycles. The van der Waals surface area contributed by atoms with Crippen LogP contribution in [0.5, 0.6) is 0 Å². The van der Waals surface area contributed by atoms with Gasteiger partial charge < -0.3 is 14.9 Å². The quantitative estimate of drug-likeness (QED) is 0.199. The van der Waals surface area contributed by atoms with Gasteiger partial charge in [-0.2, -0.15) is 0 Å². The van der Waals surface area contributed by atoms with Gasteiger partial charge >= 0.3 is 0 Å². The van der Waals surface area contributed by atoms with Gasteiger partial charge in [-0.25, -0.2) is 9.97 Å². The van der Waals surface area contributed by atoms with Gasteiger partial charge in [0.25, 0.3) is 0 Å². The van der Waals surface area contributed by atoms with Crippen molar-refractivity contribution >= 4 is 63.4 Å². The second-order valence-corrected chi connectivity index (χ2v) is 12.1. The Morgan fingerprint density at radius 3 is 1.20 bits per heavy atom. The van der Waals surface area contributed by atoms with Crippen molar-refractivity contribution in [3.63, 3.8) is 0 Å². The molecule has 8 bridgehead atoms. The van der Waals surface area contributed by atoms with Crippen LogP contribution >= 0.6 is 0 Å². The largest absolute Gasteiger partial charge is 0.355 e. The Labute approximate surface area is 284 Å². The van der Waals surface area contributed by atoms with E-state index < -0.39 is 0 Å². The van der Waals surface area contributed by atoms with Gasteiger partial charge in [-0.15, -0.1) is 0 Å². The highest BCUT2D eigenvalue weighted by Gasteiger charge is 2.23. The molecule has 0 radical (unpaired) electrons. The SMILES string of the molecule is C1=Cc2nc1c(N(c1ccccc1)c1ccccc1)c1nc(c(-c3ccccc3)c3ccc(cc4ccc([nH]4)c2-c2ccccc2)[nH]3)C=C1. The summed E-state index contributed by atoms with van der Waals surface area (Å²) in [6.07, 6.45) is 8.48. The fourth-order valence-electron chi connectivity index (χ4n) is 6.73. The number of fused-ring (bicyclic) bond motifs is 8. The van der Waals surface area contributed by atoms with Gasteiger partial charge in [0, 0.05) is 44.6 Å². The van der Waals surface area contributed by atoms with Crippen LogP contribution in [0.25, 0.3) is 68.6 Å². The van der Waals surface area contributed by atoms with Crippen molar-refractivity contribution in [2.24, 2.45) is 0 Å². The van der Waals surface area contributed by atoms with E-state index in [1.165, 1.54) is 0 Å². The van der Waals surface area contributed by atoms with Gasteiger partial charge in [-0.1, -0.05) is 97.1 Å². The van der Waals surface area contributed by atoms with Gasteiger partial charge in [0.2, 0.25) is 0 Å². The van der Waals surface area contributed by atoms with Crippen molar-refractivity contribution in [1.82, 2.24) is 19.9 Å². The third kappa shape index (κ3) is 5.33. The Hall–Kier alpha value is -6.72. The van der Waals surface area contributed by atoms with E-state index in [4.69, 9.17) is 9.97 Å². The fraction of sp³-hybridized carbons (Fsp3) is 0. The lowest BCUT2D eigenvalue weighted by Crippen LogP contribution is -2.12. The van der Waals surface area contributed by atoms with E-state index in [0.717, 1.165) is 84.2 Å². The van der Waals surface area contributed by atoms with Crippen LogP contribution in [0.4, 0.5) is 17.1 Å². The zero-order valence-corrected chi connectivity index (χ0v) is 26.6. The number of aromatic amines is 2. The summed E-state index contributed by atoms with van der Waals surface area (Å²) in [5.74, 6) is 0. The van der Waals surface area contributed by atoms with Crippen molar-refractivity contribution < 1.29 is 0 Å². The number of nitrogens with zero attached hydrogens (tertiary/aromatic N) is 3. The summed E-state index contributed by atoms with van der Waals surface area (Å²) < 4.78 is 0. The number of hydrogen-bond acceptors (Lipinski definition) is 3. The van der Waals surface area contributed by atoms with Crippen LogP contribution in [-0.4, -0.2) is 19.9 Å². The first kappa shape index (κ1) is 28.5. The number of aromatic nitrogens is 4. The summed E-state index contributed by atoms with van der Waals surface area (Å²) in [7, 11) is 0. The minimum Gasteiger partial charge on any atom is -0.355 e. The Balaban J connectivity index is 1.46. The van der Waals surface area contributed by atoms with Gasteiger partial charge in [-0.3, -0.25) is 0 Å². The summed E-state index contributed by atoms with van der Waals surface area (Å²) >= 11 is 0. The Kier molecular flexibility index (Phi) is 7.06. The molecule has 49 heavy (non-hydrogen) atoms. The van der Waals surface area contributed by atoms with Gasteiger partial charge in [0.1, 0.15) is 0 Å². The summed E-state index contributed by atoms with van der Waals surface area (Å²) in [6.45, 7) is 0. The molecule has 0 fully saturated rings. The topological polar surface area (TPSA) is 60.6 Å². The van der Waals surface area contributed by atoms with Crippen molar-refractivity contribution in [3.05, 3.63) is 174 Å². The third-order valence-corrected chi connectivity index (χ3v) is 8.92. The molecule has 5 heteroatoms. The molecule has 3 aromatic heterocycles. The van der Waals surface area contributed by atoms with Gasteiger partial charge in [0.05, 0.1) is 28.5 Å². The lowest BCUT2D eigenvalue weighted by Gasteiger charge is -2.26. The molecule has 0 amide bonds. The van der Waals surface area contributed by atoms with E-state index in [-0.39, 0.29) is 0 Å². The van der Waals surface area contributed by atoms with Gasteiger partial charge in [0.15, 0.2) is 0 Å². The summed E-state index contributed by atoms with van der Waals surface area (Å²) in [4.78, 5) is 20.4. The first-order valence-electron chi connectivity index (χ1n) is 16.4. The van der Waals surface area contributed by atoms with Crippen LogP contribution in [0.3, 0.4) is 0 Å². The molecule has 0 atom stereocenters. The highest BCUT2D eigenvalue weighted by atomic mass is 15.2. The first-order chi connectivity index (χ1) is 24.3. The van der Waals surface area contributed by atoms with Crippen LogP contribution in [0.2, 0.25) is 0 Å². The van der Waals surface area contributed by atoms with Crippen molar-refractivity contribution in [2.45, 2.75) is 0 Å². The molecule has 0 unspecified atom stereocenters. The van der Waals surface area contributed by atoms with Crippen LogP contribution < -0.4 is 4.90 Å². The predicted octanol–water partition coefficient (Wildman–Crippen LogP) is 11.5. The average molecular weight is 630 g/mol. The zero-order valence-electron chi connectivity index (χ0n) is 26.6. The van der Waals surface area contributed by atoms with Crippen molar-refractivity contribution in [3.8, 4) is 22.3 Å². The van der Waals surface area contributed by atoms with E-state index in [2.05, 4.69) is 167 Å². The predicted molar refractivity (Wildman–Crippen MR) is 204 cm³/mol. The molecule has 5 nitrogen and oxygen atoms in total. The van der Waals surface area contributed by atoms with Crippen molar-refractivity contribution in [1.29, 1.82) is 0 Å². The third-order valence-electron chi connectivity index (χ3n) is 8.92. The second-order valence-electron chi connectivity index (χ2n) is 12.1. The van der Waals surface area contributed by atoms with Crippen LogP contribution in [0.15, 0.2) is 152 Å². The molecule has 9 rings (SSSR count). The molecule has 0 aliphatic carbocycles. The average Bonchev–Trinajstić information content (AvgIpc) is 3.99. The monoisotopic (exact) mass is 629 g/mol. The van der Waals surface area contributed by atoms with E-state index in [1.54, 1.807) is 0 Å². The van der Waals surface area contributed by atoms with Gasteiger partial charge in [-0.05, 0) is 90.0 Å². The van der Waals surface area contributed by atoms with Crippen LogP contribution in [0, 0.1) is 0 Å². The molecule has 5 heterocycles. The first-order valence-corrected chi connectivity index (χ1v) is 16.4. The highest BCUT2D eigenvalue weighted by Crippen LogP contribution is 2.42. The Morgan fingerprint density at radius 2 is 0.776 bits per heavy atom. The maximum Gasteiger partial charge on any atom is 0.0979 e. The lowest BCUT2D eigenvalue weighted by atomic mass is 10.0. The summed E-state index contributed by atoms with van der Waals surface area (Å²) in [6, 6.07) is 52.5. The standard InChI is InChI=1S/C44H31N5/c1-5-13-30(14-6-1)42-36-23-21-32(45-36)29-33-22-24-37(46-33)43(31-15-7-2-8-16-31)39-26-28-41(48-39)44(40-27-25-38(42)47-40)49(34-17-9-3-10-18-34)35-19-11-4-12-20-35/h1-29,45-46H. The van der Waals surface area contributed by atoms with E-state index in [9.17, 15) is 0 Å². The normalized spacial score (nSPS) is 11.9. The number of nitrogens with one attached hydrogen (secondary N) is 2. The smallest absolute Gasteiger partial charge is 0.0979 e. The second kappa shape index (κ2) is 12.1. The number of anilines is 3. The Bertz CT molecular complexity index is 2350. The fourth-order valence-corrected chi connectivity index (χ4v) is 6.73. The minimum atomic E-state index is 0.828. The highest BCUT2D eigenvalue weighted by molar-refractivity contribution is 5.97. The molecule has 0 saturated carbocycles. The Morgan fingerprint density at radius 1 is 0.388 bits per heavy atom. The van der Waals surface area contributed by atoms with E-state index in [1.807, 2.05) is 24.3 Å².